The number of nitrogen functional groups attached to an aromatic ring is 1. The molecule has 0 radical (unpaired) electrons. The molecule has 5 heteroatoms. The fraction of sp³-hybridized carbons (Fsp3) is 0.136. The van der Waals surface area contributed by atoms with Crippen LogP contribution in [0.3, 0.4) is 0 Å². The molecule has 1 aromatic heterocycles. The second-order valence-electron chi connectivity index (χ2n) is 6.41. The minimum Gasteiger partial charge on any atom is -0.436 e. The molecule has 0 aliphatic heterocycles. The minimum absolute atomic E-state index is 0.344. The number of benzene rings is 3. The van der Waals surface area contributed by atoms with Crippen molar-refractivity contribution in [1.82, 2.24) is 4.98 Å². The summed E-state index contributed by atoms with van der Waals surface area (Å²) in [5.74, 6) is 0.0394. The molecule has 0 bridgehead atoms. The van der Waals surface area contributed by atoms with E-state index in [-0.39, 0.29) is 5.82 Å². The molecule has 4 nitrogen and oxygen atoms in total. The smallest absolute Gasteiger partial charge is 0.228 e. The van der Waals surface area contributed by atoms with Gasteiger partial charge in [-0.25, -0.2) is 9.37 Å². The van der Waals surface area contributed by atoms with Gasteiger partial charge >= 0.3 is 0 Å². The number of para-hydroxylation sites is 2. The molecule has 136 valence electrons. The van der Waals surface area contributed by atoms with Gasteiger partial charge in [0.2, 0.25) is 5.89 Å². The zero-order chi connectivity index (χ0) is 18.8. The fourth-order valence-electron chi connectivity index (χ4n) is 3.11. The van der Waals surface area contributed by atoms with Crippen LogP contribution in [-0.2, 0) is 0 Å². The number of nitrogens with one attached hydrogen (secondary N) is 1. The number of nitrogens with zero attached hydrogens (tertiary/aromatic N) is 1. The van der Waals surface area contributed by atoms with Gasteiger partial charge in [0, 0.05) is 29.0 Å². The summed E-state index contributed by atoms with van der Waals surface area (Å²) in [5, 5.41) is 3.41. The van der Waals surface area contributed by atoms with Crippen LogP contribution >= 0.6 is 0 Å². The zero-order valence-electron chi connectivity index (χ0n) is 15.0. The van der Waals surface area contributed by atoms with Crippen molar-refractivity contribution in [2.75, 3.05) is 17.6 Å². The summed E-state index contributed by atoms with van der Waals surface area (Å²) in [6.45, 7) is 2.93. The molecule has 0 saturated carbocycles. The summed E-state index contributed by atoms with van der Waals surface area (Å²) in [5.41, 5.74) is 11.3. The van der Waals surface area contributed by atoms with Gasteiger partial charge in [-0.1, -0.05) is 25.1 Å². The Kier molecular flexibility index (Phi) is 4.50. The van der Waals surface area contributed by atoms with E-state index in [2.05, 4.69) is 17.2 Å². The van der Waals surface area contributed by atoms with Crippen LogP contribution in [0, 0.1) is 5.82 Å². The number of nitrogens with two attached hydrogens (primary N) is 1. The van der Waals surface area contributed by atoms with Crippen molar-refractivity contribution in [3.05, 3.63) is 66.5 Å². The predicted molar refractivity (Wildman–Crippen MR) is 108 cm³/mol. The van der Waals surface area contributed by atoms with Gasteiger partial charge in [0.1, 0.15) is 11.3 Å². The fourth-order valence-corrected chi connectivity index (χ4v) is 3.11. The normalized spacial score (nSPS) is 11.0. The van der Waals surface area contributed by atoms with Crippen LogP contribution < -0.4 is 11.1 Å². The Morgan fingerprint density at radius 1 is 1.00 bits per heavy atom. The van der Waals surface area contributed by atoms with Gasteiger partial charge in [0.05, 0.1) is 0 Å². The Morgan fingerprint density at radius 2 is 1.85 bits per heavy atom. The first kappa shape index (κ1) is 17.1. The lowest BCUT2D eigenvalue weighted by atomic mass is 9.97. The molecule has 1 heterocycles. The van der Waals surface area contributed by atoms with Gasteiger partial charge in [-0.2, -0.15) is 0 Å². The maximum Gasteiger partial charge on any atom is 0.228 e. The van der Waals surface area contributed by atoms with E-state index in [4.69, 9.17) is 10.2 Å². The quantitative estimate of drug-likeness (QED) is 0.447. The predicted octanol–water partition coefficient (Wildman–Crippen LogP) is 5.71. The van der Waals surface area contributed by atoms with Gasteiger partial charge in [-0.3, -0.25) is 0 Å². The lowest BCUT2D eigenvalue weighted by Crippen LogP contribution is -2.02. The molecule has 0 amide bonds. The Labute approximate surface area is 156 Å². The number of rotatable bonds is 5. The monoisotopic (exact) mass is 361 g/mol. The van der Waals surface area contributed by atoms with Gasteiger partial charge in [-0.05, 0) is 54.4 Å². The molecule has 0 unspecified atom stereocenters. The van der Waals surface area contributed by atoms with Crippen molar-refractivity contribution in [2.24, 2.45) is 0 Å². The Balaban J connectivity index is 1.91. The van der Waals surface area contributed by atoms with Gasteiger partial charge in [0.15, 0.2) is 5.58 Å². The SMILES string of the molecule is CCCNc1ccc(N)cc1-c1ccc(F)cc1-c1nc2ccccc2o1. The van der Waals surface area contributed by atoms with Crippen LogP contribution in [0.15, 0.2) is 65.1 Å². The maximum absolute atomic E-state index is 14.1. The lowest BCUT2D eigenvalue weighted by Gasteiger charge is -2.15. The number of hydrogen-bond donors (Lipinski definition) is 2. The summed E-state index contributed by atoms with van der Waals surface area (Å²) in [7, 11) is 0. The first-order chi connectivity index (χ1) is 13.2. The molecule has 0 atom stereocenters. The molecule has 0 saturated heterocycles. The molecule has 3 N–H and O–H groups in total. The summed E-state index contributed by atoms with van der Waals surface area (Å²) in [4.78, 5) is 4.54. The number of oxazole rings is 1. The molecular formula is C22H20FN3O. The van der Waals surface area contributed by atoms with Crippen molar-refractivity contribution in [1.29, 1.82) is 0 Å². The maximum atomic E-state index is 14.1. The van der Waals surface area contributed by atoms with Crippen LogP contribution in [-0.4, -0.2) is 11.5 Å². The Hall–Kier alpha value is -3.34. The molecule has 0 aliphatic rings. The Bertz CT molecular complexity index is 1070. The van der Waals surface area contributed by atoms with E-state index < -0.39 is 0 Å². The summed E-state index contributed by atoms with van der Waals surface area (Å²) in [6, 6.07) is 17.8. The molecule has 0 fully saturated rings. The third-order valence-electron chi connectivity index (χ3n) is 4.41. The largest absolute Gasteiger partial charge is 0.436 e. The van der Waals surface area contributed by atoms with E-state index in [1.165, 1.54) is 12.1 Å². The molecule has 0 aliphatic carbocycles. The van der Waals surface area contributed by atoms with Crippen LogP contribution in [0.1, 0.15) is 13.3 Å². The van der Waals surface area contributed by atoms with Crippen molar-refractivity contribution in [3.63, 3.8) is 0 Å². The van der Waals surface area contributed by atoms with Crippen LogP contribution in [0.5, 0.6) is 0 Å². The summed E-state index contributed by atoms with van der Waals surface area (Å²) >= 11 is 0. The van der Waals surface area contributed by atoms with E-state index in [0.717, 1.165) is 35.3 Å². The van der Waals surface area contributed by atoms with Crippen molar-refractivity contribution >= 4 is 22.5 Å². The molecular weight excluding hydrogens is 341 g/mol. The summed E-state index contributed by atoms with van der Waals surface area (Å²) < 4.78 is 20.0. The van der Waals surface area contributed by atoms with Crippen molar-refractivity contribution in [3.8, 4) is 22.6 Å². The highest BCUT2D eigenvalue weighted by Gasteiger charge is 2.17. The number of halogens is 1. The minimum atomic E-state index is -0.344. The van der Waals surface area contributed by atoms with E-state index in [1.807, 2.05) is 42.5 Å². The third kappa shape index (κ3) is 3.36. The van der Waals surface area contributed by atoms with Crippen molar-refractivity contribution in [2.45, 2.75) is 13.3 Å². The summed E-state index contributed by atoms with van der Waals surface area (Å²) in [6.07, 6.45) is 0.991. The highest BCUT2D eigenvalue weighted by Crippen LogP contribution is 2.38. The van der Waals surface area contributed by atoms with Gasteiger partial charge < -0.3 is 15.5 Å². The van der Waals surface area contributed by atoms with E-state index >= 15 is 0 Å². The Morgan fingerprint density at radius 3 is 2.67 bits per heavy atom. The molecule has 4 rings (SSSR count). The number of hydrogen-bond acceptors (Lipinski definition) is 4. The molecule has 4 aromatic rings. The zero-order valence-corrected chi connectivity index (χ0v) is 15.0. The standard InChI is InChI=1S/C22H20FN3O/c1-2-11-25-19-10-8-15(24)13-17(19)16-9-7-14(23)12-18(16)22-26-20-5-3-4-6-21(20)27-22/h3-10,12-13,25H,2,11,24H2,1H3. The molecule has 0 spiro atoms. The van der Waals surface area contributed by atoms with Crippen LogP contribution in [0.2, 0.25) is 0 Å². The van der Waals surface area contributed by atoms with E-state index in [0.29, 0.717) is 22.7 Å². The average Bonchev–Trinajstić information content (AvgIpc) is 3.11. The van der Waals surface area contributed by atoms with E-state index in [1.54, 1.807) is 6.07 Å². The van der Waals surface area contributed by atoms with Crippen LogP contribution in [0.25, 0.3) is 33.7 Å². The second-order valence-corrected chi connectivity index (χ2v) is 6.41. The highest BCUT2D eigenvalue weighted by molar-refractivity contribution is 5.90. The average molecular weight is 361 g/mol. The van der Waals surface area contributed by atoms with Gasteiger partial charge in [0.25, 0.3) is 0 Å². The number of fused-ring (bicyclic) bond motifs is 1. The van der Waals surface area contributed by atoms with Crippen molar-refractivity contribution < 1.29 is 8.81 Å². The van der Waals surface area contributed by atoms with Gasteiger partial charge in [-0.15, -0.1) is 0 Å². The molecule has 3 aromatic carbocycles. The van der Waals surface area contributed by atoms with Crippen LogP contribution in [0.4, 0.5) is 15.8 Å². The first-order valence-electron chi connectivity index (χ1n) is 8.95. The van der Waals surface area contributed by atoms with E-state index in [9.17, 15) is 4.39 Å². The highest BCUT2D eigenvalue weighted by atomic mass is 19.1. The second kappa shape index (κ2) is 7.11. The third-order valence-corrected chi connectivity index (χ3v) is 4.41. The topological polar surface area (TPSA) is 64.1 Å². The first-order valence-corrected chi connectivity index (χ1v) is 8.95. The molecule has 27 heavy (non-hydrogen) atoms. The number of aromatic nitrogens is 1. The number of anilines is 2. The lowest BCUT2D eigenvalue weighted by molar-refractivity contribution is 0.611.